The van der Waals surface area contributed by atoms with Gasteiger partial charge in [-0.3, -0.25) is 14.9 Å². The van der Waals surface area contributed by atoms with Crippen LogP contribution in [0.5, 0.6) is 5.75 Å². The van der Waals surface area contributed by atoms with E-state index in [2.05, 4.69) is 4.74 Å². The molecule has 0 aromatic heterocycles. The van der Waals surface area contributed by atoms with Crippen molar-refractivity contribution in [2.45, 2.75) is 20.0 Å². The predicted molar refractivity (Wildman–Crippen MR) is 54.1 cm³/mol. The molecule has 0 unspecified atom stereocenters. The van der Waals surface area contributed by atoms with Crippen LogP contribution in [-0.4, -0.2) is 10.9 Å². The van der Waals surface area contributed by atoms with Crippen molar-refractivity contribution in [2.75, 3.05) is 0 Å². The first-order chi connectivity index (χ1) is 8.14. The number of benzene rings is 1. The van der Waals surface area contributed by atoms with Crippen molar-refractivity contribution in [1.82, 2.24) is 0 Å². The molecule has 0 amide bonds. The highest BCUT2D eigenvalue weighted by Crippen LogP contribution is 2.40. The first-order valence-corrected chi connectivity index (χ1v) is 4.68. The Morgan fingerprint density at radius 1 is 1.39 bits per heavy atom. The predicted octanol–water partition coefficient (Wildman–Crippen LogP) is 2.85. The second-order valence-electron chi connectivity index (χ2n) is 3.43. The third-order valence-corrected chi connectivity index (χ3v) is 2.12. The van der Waals surface area contributed by atoms with Gasteiger partial charge in [0.2, 0.25) is 0 Å². The van der Waals surface area contributed by atoms with Gasteiger partial charge in [0.05, 0.1) is 10.5 Å². The number of hydrogen-bond donors (Lipinski definition) is 0. The lowest BCUT2D eigenvalue weighted by Gasteiger charge is -2.11. The van der Waals surface area contributed by atoms with Crippen LogP contribution in [0, 0.1) is 17.0 Å². The van der Waals surface area contributed by atoms with Crippen molar-refractivity contribution < 1.29 is 27.6 Å². The first kappa shape index (κ1) is 13.9. The minimum Gasteiger partial charge on any atom is -0.426 e. The Labute approximate surface area is 99.3 Å². The molecule has 0 atom stereocenters. The first-order valence-electron chi connectivity index (χ1n) is 4.68. The third-order valence-electron chi connectivity index (χ3n) is 2.12. The van der Waals surface area contributed by atoms with Crippen molar-refractivity contribution in [1.29, 1.82) is 0 Å². The van der Waals surface area contributed by atoms with Gasteiger partial charge in [0.1, 0.15) is 11.3 Å². The average Bonchev–Trinajstić information content (AvgIpc) is 2.17. The van der Waals surface area contributed by atoms with E-state index in [4.69, 9.17) is 0 Å². The van der Waals surface area contributed by atoms with Crippen molar-refractivity contribution in [2.24, 2.45) is 0 Å². The topological polar surface area (TPSA) is 69.4 Å². The number of halogens is 3. The van der Waals surface area contributed by atoms with Crippen LogP contribution in [0.4, 0.5) is 18.9 Å². The van der Waals surface area contributed by atoms with Gasteiger partial charge < -0.3 is 4.74 Å². The maximum Gasteiger partial charge on any atom is 0.423 e. The van der Waals surface area contributed by atoms with Crippen molar-refractivity contribution in [3.05, 3.63) is 33.4 Å². The second-order valence-corrected chi connectivity index (χ2v) is 3.43. The van der Waals surface area contributed by atoms with Crippen LogP contribution in [0.3, 0.4) is 0 Å². The number of esters is 1. The van der Waals surface area contributed by atoms with E-state index in [1.165, 1.54) is 0 Å². The Morgan fingerprint density at radius 3 is 2.33 bits per heavy atom. The molecule has 1 aromatic carbocycles. The zero-order valence-electron chi connectivity index (χ0n) is 9.37. The molecule has 18 heavy (non-hydrogen) atoms. The van der Waals surface area contributed by atoms with Gasteiger partial charge in [-0.05, 0) is 19.1 Å². The molecule has 1 rings (SSSR count). The fourth-order valence-corrected chi connectivity index (χ4v) is 1.41. The van der Waals surface area contributed by atoms with E-state index in [1.54, 1.807) is 0 Å². The summed E-state index contributed by atoms with van der Waals surface area (Å²) in [5.41, 5.74) is -2.83. The standard InChI is InChI=1S/C10H8F3NO4/c1-5-8(18-6(2)15)4-3-7(10(11,12)13)9(5)14(16)17/h3-4H,1-2H3. The van der Waals surface area contributed by atoms with Gasteiger partial charge in [-0.2, -0.15) is 13.2 Å². The molecular weight excluding hydrogens is 255 g/mol. The summed E-state index contributed by atoms with van der Waals surface area (Å²) in [6.07, 6.45) is -4.85. The van der Waals surface area contributed by atoms with Gasteiger partial charge in [0.25, 0.3) is 5.69 Å². The van der Waals surface area contributed by atoms with E-state index in [0.717, 1.165) is 19.9 Å². The largest absolute Gasteiger partial charge is 0.426 e. The Hall–Kier alpha value is -2.12. The zero-order chi connectivity index (χ0) is 14.1. The number of ether oxygens (including phenoxy) is 1. The SMILES string of the molecule is CC(=O)Oc1ccc(C(F)(F)F)c([N+](=O)[O-])c1C. The molecule has 1 aromatic rings. The Morgan fingerprint density at radius 2 is 1.94 bits per heavy atom. The van der Waals surface area contributed by atoms with E-state index in [9.17, 15) is 28.1 Å². The molecule has 0 aliphatic carbocycles. The molecule has 8 heteroatoms. The molecule has 0 bridgehead atoms. The van der Waals surface area contributed by atoms with Crippen LogP contribution in [-0.2, 0) is 11.0 Å². The zero-order valence-corrected chi connectivity index (χ0v) is 9.37. The highest BCUT2D eigenvalue weighted by atomic mass is 19.4. The molecule has 0 aliphatic rings. The monoisotopic (exact) mass is 263 g/mol. The summed E-state index contributed by atoms with van der Waals surface area (Å²) < 4.78 is 42.3. The summed E-state index contributed by atoms with van der Waals surface area (Å²) in [7, 11) is 0. The van der Waals surface area contributed by atoms with Crippen LogP contribution >= 0.6 is 0 Å². The van der Waals surface area contributed by atoms with Crippen LogP contribution in [0.2, 0.25) is 0 Å². The van der Waals surface area contributed by atoms with Crippen molar-refractivity contribution >= 4 is 11.7 Å². The molecule has 0 radical (unpaired) electrons. The Kier molecular flexibility index (Phi) is 3.59. The highest BCUT2D eigenvalue weighted by Gasteiger charge is 2.40. The number of nitro benzene ring substituents is 1. The Balaban J connectivity index is 3.47. The van der Waals surface area contributed by atoms with Gasteiger partial charge in [0.15, 0.2) is 0 Å². The summed E-state index contributed by atoms with van der Waals surface area (Å²) in [4.78, 5) is 20.3. The number of alkyl halides is 3. The van der Waals surface area contributed by atoms with Gasteiger partial charge in [-0.25, -0.2) is 0 Å². The van der Waals surface area contributed by atoms with Crippen molar-refractivity contribution in [3.8, 4) is 5.75 Å². The van der Waals surface area contributed by atoms with E-state index in [0.29, 0.717) is 6.07 Å². The van der Waals surface area contributed by atoms with E-state index < -0.39 is 28.3 Å². The minimum absolute atomic E-state index is 0.262. The molecule has 5 nitrogen and oxygen atoms in total. The summed E-state index contributed by atoms with van der Waals surface area (Å²) >= 11 is 0. The minimum atomic E-state index is -4.85. The maximum atomic E-state index is 12.6. The van der Waals surface area contributed by atoms with Gasteiger partial charge in [-0.1, -0.05) is 0 Å². The molecule has 98 valence electrons. The van der Waals surface area contributed by atoms with Crippen LogP contribution in [0.25, 0.3) is 0 Å². The van der Waals surface area contributed by atoms with E-state index in [-0.39, 0.29) is 11.3 Å². The molecule has 0 saturated heterocycles. The summed E-state index contributed by atoms with van der Waals surface area (Å²) in [5.74, 6) is -1.03. The summed E-state index contributed by atoms with van der Waals surface area (Å²) in [5, 5.41) is 10.7. The number of carbonyl (C=O) groups is 1. The summed E-state index contributed by atoms with van der Waals surface area (Å²) in [6.45, 7) is 2.13. The number of nitrogens with zero attached hydrogens (tertiary/aromatic N) is 1. The number of carbonyl (C=O) groups excluding carboxylic acids is 1. The molecule has 0 spiro atoms. The molecule has 0 saturated carbocycles. The molecule has 0 heterocycles. The average molecular weight is 263 g/mol. The van der Waals surface area contributed by atoms with E-state index >= 15 is 0 Å². The quantitative estimate of drug-likeness (QED) is 0.356. The van der Waals surface area contributed by atoms with Crippen molar-refractivity contribution in [3.63, 3.8) is 0 Å². The Bertz CT molecular complexity index is 511. The number of hydrogen-bond acceptors (Lipinski definition) is 4. The van der Waals surface area contributed by atoms with E-state index in [1.807, 2.05) is 0 Å². The smallest absolute Gasteiger partial charge is 0.423 e. The molecule has 0 aliphatic heterocycles. The third kappa shape index (κ3) is 2.76. The molecular formula is C10H8F3NO4. The van der Waals surface area contributed by atoms with Crippen LogP contribution < -0.4 is 4.74 Å². The highest BCUT2D eigenvalue weighted by molar-refractivity contribution is 5.71. The lowest BCUT2D eigenvalue weighted by molar-refractivity contribution is -0.388. The molecule has 0 N–H and O–H groups in total. The number of rotatable bonds is 2. The fraction of sp³-hybridized carbons (Fsp3) is 0.300. The summed E-state index contributed by atoms with van der Waals surface area (Å²) in [6, 6.07) is 1.40. The van der Waals surface area contributed by atoms with Crippen LogP contribution in [0.1, 0.15) is 18.1 Å². The van der Waals surface area contributed by atoms with Gasteiger partial charge >= 0.3 is 12.1 Å². The van der Waals surface area contributed by atoms with Gasteiger partial charge in [0, 0.05) is 6.92 Å². The fourth-order valence-electron chi connectivity index (χ4n) is 1.41. The van der Waals surface area contributed by atoms with Crippen LogP contribution in [0.15, 0.2) is 12.1 Å². The number of nitro groups is 1. The maximum absolute atomic E-state index is 12.6. The lowest BCUT2D eigenvalue weighted by atomic mass is 10.1. The lowest BCUT2D eigenvalue weighted by Crippen LogP contribution is -2.12. The molecule has 0 fully saturated rings. The van der Waals surface area contributed by atoms with Gasteiger partial charge in [-0.15, -0.1) is 0 Å². The normalized spacial score (nSPS) is 11.2. The second kappa shape index (κ2) is 4.63.